The van der Waals surface area contributed by atoms with Gasteiger partial charge in [0.05, 0.1) is 23.3 Å². The van der Waals surface area contributed by atoms with Crippen LogP contribution in [0.1, 0.15) is 65.8 Å². The number of rotatable bonds is 13. The Morgan fingerprint density at radius 1 is 1.00 bits per heavy atom. The van der Waals surface area contributed by atoms with Crippen molar-refractivity contribution in [2.45, 2.75) is 62.9 Å². The zero-order valence-electron chi connectivity index (χ0n) is 30.6. The highest BCUT2D eigenvalue weighted by Gasteiger charge is 2.53. The SMILES string of the molecule is CN/C(=N\C(=O)OCc1ccccc1)N(C(=O)c1ccc(-c2cnn(C3CC3)n2)cc1)[C@H](COC(=O)NC1(C(F)F)CC1)c1ccc(Cl)c(-c2ncnn2C(F)F)c1. The minimum Gasteiger partial charge on any atom is -0.447 e. The second-order valence-electron chi connectivity index (χ2n) is 13.5. The summed E-state index contributed by atoms with van der Waals surface area (Å²) >= 11 is 6.49. The van der Waals surface area contributed by atoms with Crippen LogP contribution in [0.5, 0.6) is 0 Å². The van der Waals surface area contributed by atoms with Gasteiger partial charge in [-0.3, -0.25) is 9.69 Å². The number of ether oxygens (including phenoxy) is 2. The zero-order chi connectivity index (χ0) is 41.0. The summed E-state index contributed by atoms with van der Waals surface area (Å²) < 4.78 is 66.7. The fourth-order valence-electron chi connectivity index (χ4n) is 6.02. The third kappa shape index (κ3) is 8.93. The molecule has 0 unspecified atom stereocenters. The van der Waals surface area contributed by atoms with Gasteiger partial charge >= 0.3 is 18.7 Å². The van der Waals surface area contributed by atoms with E-state index in [4.69, 9.17) is 21.1 Å². The fourth-order valence-corrected chi connectivity index (χ4v) is 6.22. The van der Waals surface area contributed by atoms with Crippen LogP contribution in [0, 0.1) is 0 Å². The molecule has 1 atom stereocenters. The first-order valence-electron chi connectivity index (χ1n) is 18.0. The van der Waals surface area contributed by atoms with Gasteiger partial charge in [0.15, 0.2) is 5.82 Å². The largest absolute Gasteiger partial charge is 0.447 e. The minimum atomic E-state index is -3.10. The average Bonchev–Trinajstić information content (AvgIpc) is 4.12. The van der Waals surface area contributed by atoms with Crippen LogP contribution in [-0.2, 0) is 16.1 Å². The van der Waals surface area contributed by atoms with E-state index in [1.165, 1.54) is 37.4 Å². The van der Waals surface area contributed by atoms with Gasteiger partial charge in [0.25, 0.3) is 12.3 Å². The molecule has 2 saturated carbocycles. The topological polar surface area (TPSA) is 171 Å². The van der Waals surface area contributed by atoms with Gasteiger partial charge in [0, 0.05) is 23.7 Å². The minimum absolute atomic E-state index is 0.0215. The van der Waals surface area contributed by atoms with Gasteiger partial charge < -0.3 is 20.1 Å². The molecule has 2 fully saturated rings. The number of hydrogen-bond acceptors (Lipinski definition) is 9. The van der Waals surface area contributed by atoms with E-state index in [-0.39, 0.29) is 59.0 Å². The third-order valence-corrected chi connectivity index (χ3v) is 9.83. The Hall–Kier alpha value is -6.37. The third-order valence-electron chi connectivity index (χ3n) is 9.50. The number of halogens is 5. The summed E-state index contributed by atoms with van der Waals surface area (Å²) in [5.74, 6) is -1.50. The molecule has 2 aromatic heterocycles. The summed E-state index contributed by atoms with van der Waals surface area (Å²) in [6, 6.07) is 18.0. The number of aliphatic imine (C=N–C) groups is 1. The quantitative estimate of drug-likeness (QED) is 0.0703. The van der Waals surface area contributed by atoms with E-state index in [2.05, 4.69) is 35.9 Å². The molecule has 302 valence electrons. The van der Waals surface area contributed by atoms with Crippen molar-refractivity contribution in [2.24, 2.45) is 4.99 Å². The van der Waals surface area contributed by atoms with Crippen molar-refractivity contribution < 1.29 is 41.4 Å². The van der Waals surface area contributed by atoms with E-state index >= 15 is 0 Å². The molecule has 2 aliphatic rings. The zero-order valence-corrected chi connectivity index (χ0v) is 31.4. The lowest BCUT2D eigenvalue weighted by Gasteiger charge is -2.32. The number of guanidine groups is 1. The summed E-state index contributed by atoms with van der Waals surface area (Å²) in [5, 5.41) is 17.4. The number of alkyl halides is 4. The van der Waals surface area contributed by atoms with E-state index in [1.807, 2.05) is 0 Å². The molecule has 3 amide bonds. The van der Waals surface area contributed by atoms with Gasteiger partial charge in [-0.2, -0.15) is 33.6 Å². The second-order valence-corrected chi connectivity index (χ2v) is 13.9. The first-order chi connectivity index (χ1) is 28.0. The Kier molecular flexibility index (Phi) is 11.7. The van der Waals surface area contributed by atoms with Crippen molar-refractivity contribution in [3.8, 4) is 22.6 Å². The Bertz CT molecular complexity index is 2300. The predicted octanol–water partition coefficient (Wildman–Crippen LogP) is 7.21. The van der Waals surface area contributed by atoms with Crippen molar-refractivity contribution in [1.29, 1.82) is 0 Å². The smallest absolute Gasteiger partial charge is 0.437 e. The molecular weight excluding hydrogens is 788 g/mol. The van der Waals surface area contributed by atoms with E-state index in [0.29, 0.717) is 21.5 Å². The molecule has 58 heavy (non-hydrogen) atoms. The van der Waals surface area contributed by atoms with Gasteiger partial charge in [-0.1, -0.05) is 60.1 Å². The van der Waals surface area contributed by atoms with Crippen molar-refractivity contribution in [3.63, 3.8) is 0 Å². The van der Waals surface area contributed by atoms with E-state index in [1.54, 1.807) is 53.5 Å². The molecular formula is C38H35ClF4N10O5. The lowest BCUT2D eigenvalue weighted by atomic mass is 10.0. The molecule has 0 radical (unpaired) electrons. The summed E-state index contributed by atoms with van der Waals surface area (Å²) in [6.07, 6.45) is -0.665. The summed E-state index contributed by atoms with van der Waals surface area (Å²) in [5.41, 5.74) is 0.256. The van der Waals surface area contributed by atoms with E-state index < -0.39 is 49.3 Å². The maximum Gasteiger partial charge on any atom is 0.437 e. The number of alkyl carbamates (subject to hydrolysis) is 1. The van der Waals surface area contributed by atoms with Crippen LogP contribution in [0.2, 0.25) is 5.02 Å². The molecule has 2 aliphatic carbocycles. The Morgan fingerprint density at radius 2 is 1.74 bits per heavy atom. The van der Waals surface area contributed by atoms with Crippen LogP contribution in [0.3, 0.4) is 0 Å². The highest BCUT2D eigenvalue weighted by Crippen LogP contribution is 2.41. The average molecular weight is 823 g/mol. The number of hydrogen-bond donors (Lipinski definition) is 2. The van der Waals surface area contributed by atoms with Crippen molar-refractivity contribution in [2.75, 3.05) is 13.7 Å². The van der Waals surface area contributed by atoms with Crippen molar-refractivity contribution in [1.82, 2.24) is 45.3 Å². The standard InChI is InChI=1S/C38H35ClF4N10O5/c1-44-35(48-36(55)57-19-22-5-3-2-4-6-22)51(32(54)24-9-7-23(8-10-24)29-18-46-53(50-29)26-12-13-26)30(20-58-37(56)49-38(15-16-38)33(40)41)25-11-14-28(39)27(17-25)31-45-21-47-52(31)34(42)43/h2-11,14,17-18,21,26,30,33-34H,12-13,15-16,19-20H2,1H3,(H,49,56)(H,44,48,55)/t30-/m1/s1. The molecule has 0 spiro atoms. The van der Waals surface area contributed by atoms with Crippen LogP contribution >= 0.6 is 11.6 Å². The Labute approximate surface area is 333 Å². The number of aromatic nitrogens is 6. The molecule has 2 heterocycles. The molecule has 0 bridgehead atoms. The van der Waals surface area contributed by atoms with Gasteiger partial charge in [0.1, 0.15) is 30.8 Å². The normalized spacial score (nSPS) is 15.2. The number of amides is 3. The molecule has 7 rings (SSSR count). The van der Waals surface area contributed by atoms with Crippen LogP contribution in [0.15, 0.2) is 90.3 Å². The van der Waals surface area contributed by atoms with Crippen molar-refractivity contribution in [3.05, 3.63) is 107 Å². The Balaban J connectivity index is 1.29. The van der Waals surface area contributed by atoms with Gasteiger partial charge in [-0.15, -0.1) is 4.99 Å². The van der Waals surface area contributed by atoms with E-state index in [0.717, 1.165) is 24.1 Å². The first-order valence-corrected chi connectivity index (χ1v) is 18.4. The summed E-state index contributed by atoms with van der Waals surface area (Å²) in [7, 11) is 1.37. The van der Waals surface area contributed by atoms with Crippen molar-refractivity contribution >= 4 is 35.7 Å². The highest BCUT2D eigenvalue weighted by molar-refractivity contribution is 6.33. The summed E-state index contributed by atoms with van der Waals surface area (Å²) in [4.78, 5) is 51.7. The molecule has 0 saturated heterocycles. The van der Waals surface area contributed by atoms with E-state index in [9.17, 15) is 31.9 Å². The second kappa shape index (κ2) is 17.0. The highest BCUT2D eigenvalue weighted by atomic mass is 35.5. The molecule has 5 aromatic rings. The Morgan fingerprint density at radius 3 is 2.40 bits per heavy atom. The summed E-state index contributed by atoms with van der Waals surface area (Å²) in [6.45, 7) is -3.99. The maximum atomic E-state index is 14.8. The number of nitrogens with zero attached hydrogens (tertiary/aromatic N) is 8. The molecule has 3 aromatic carbocycles. The van der Waals surface area contributed by atoms with Crippen LogP contribution < -0.4 is 10.6 Å². The van der Waals surface area contributed by atoms with Crippen LogP contribution in [0.25, 0.3) is 22.6 Å². The van der Waals surface area contributed by atoms with Gasteiger partial charge in [-0.25, -0.2) is 23.4 Å². The fraction of sp³-hybridized carbons (Fsp3) is 0.316. The molecule has 15 nitrogen and oxygen atoms in total. The first kappa shape index (κ1) is 39.8. The number of carbonyl (C=O) groups excluding carboxylic acids is 3. The number of benzene rings is 3. The lowest BCUT2D eigenvalue weighted by Crippen LogP contribution is -2.49. The number of carbonyl (C=O) groups is 3. The van der Waals surface area contributed by atoms with Crippen LogP contribution in [-0.4, -0.2) is 84.3 Å². The lowest BCUT2D eigenvalue weighted by molar-refractivity contribution is 0.0582. The van der Waals surface area contributed by atoms with Gasteiger partial charge in [0.2, 0.25) is 5.96 Å². The molecule has 20 heteroatoms. The maximum absolute atomic E-state index is 14.8. The predicted molar refractivity (Wildman–Crippen MR) is 200 cm³/mol. The number of nitrogens with one attached hydrogen (secondary N) is 2. The molecule has 2 N–H and O–H groups in total. The molecule has 0 aliphatic heterocycles. The van der Waals surface area contributed by atoms with Crippen LogP contribution in [0.4, 0.5) is 27.2 Å². The monoisotopic (exact) mass is 822 g/mol. The van der Waals surface area contributed by atoms with Gasteiger partial charge in [-0.05, 0) is 61.1 Å².